The fourth-order valence-electron chi connectivity index (χ4n) is 2.39. The second-order valence-corrected chi connectivity index (χ2v) is 7.13. The number of hydrogen-bond donors (Lipinski definition) is 1. The van der Waals surface area contributed by atoms with Crippen molar-refractivity contribution < 1.29 is 17.9 Å². The van der Waals surface area contributed by atoms with Gasteiger partial charge in [-0.25, -0.2) is 8.42 Å². The molecule has 1 aromatic carbocycles. The quantitative estimate of drug-likeness (QED) is 0.822. The van der Waals surface area contributed by atoms with E-state index in [1.165, 1.54) is 12.0 Å². The number of nitrogens with zero attached hydrogens (tertiary/aromatic N) is 1. The standard InChI is InChI=1S/C13H18N2O4S/c1-15(9-6-7-20(17,18)8-9)13(16)10-4-3-5-11(14)12(10)19-2/h3-5,9H,6-8,14H2,1-2H3. The number of methoxy groups -OCH3 is 1. The smallest absolute Gasteiger partial charge is 0.257 e. The van der Waals surface area contributed by atoms with Crippen LogP contribution in [0.4, 0.5) is 5.69 Å². The summed E-state index contributed by atoms with van der Waals surface area (Å²) >= 11 is 0. The average Bonchev–Trinajstić information content (AvgIpc) is 2.77. The van der Waals surface area contributed by atoms with Gasteiger partial charge in [0.15, 0.2) is 15.6 Å². The molecule has 0 radical (unpaired) electrons. The van der Waals surface area contributed by atoms with Gasteiger partial charge in [-0.3, -0.25) is 4.79 Å². The number of carbonyl (C=O) groups excluding carboxylic acids is 1. The number of carbonyl (C=O) groups is 1. The van der Waals surface area contributed by atoms with E-state index in [1.807, 2.05) is 0 Å². The molecule has 20 heavy (non-hydrogen) atoms. The maximum Gasteiger partial charge on any atom is 0.257 e. The first-order valence-corrected chi connectivity index (χ1v) is 8.08. The second-order valence-electron chi connectivity index (χ2n) is 4.90. The third kappa shape index (κ3) is 2.72. The van der Waals surface area contributed by atoms with Crippen molar-refractivity contribution in [2.45, 2.75) is 12.5 Å². The summed E-state index contributed by atoms with van der Waals surface area (Å²) in [5.74, 6) is 0.185. The second kappa shape index (κ2) is 5.32. The van der Waals surface area contributed by atoms with Gasteiger partial charge in [0.25, 0.3) is 5.91 Å². The lowest BCUT2D eigenvalue weighted by molar-refractivity contribution is 0.0744. The highest BCUT2D eigenvalue weighted by molar-refractivity contribution is 7.91. The van der Waals surface area contributed by atoms with Gasteiger partial charge >= 0.3 is 0 Å². The zero-order valence-electron chi connectivity index (χ0n) is 11.5. The maximum absolute atomic E-state index is 12.5. The summed E-state index contributed by atoms with van der Waals surface area (Å²) in [6.45, 7) is 0. The van der Waals surface area contributed by atoms with E-state index in [-0.39, 0.29) is 23.5 Å². The molecular formula is C13H18N2O4S. The Labute approximate surface area is 118 Å². The molecular weight excluding hydrogens is 280 g/mol. The summed E-state index contributed by atoms with van der Waals surface area (Å²) in [5.41, 5.74) is 6.50. The molecule has 1 aliphatic rings. The summed E-state index contributed by atoms with van der Waals surface area (Å²) in [4.78, 5) is 13.9. The highest BCUT2D eigenvalue weighted by atomic mass is 32.2. The van der Waals surface area contributed by atoms with E-state index >= 15 is 0 Å². The molecule has 2 N–H and O–H groups in total. The summed E-state index contributed by atoms with van der Waals surface area (Å²) in [6, 6.07) is 4.65. The Balaban J connectivity index is 2.26. The minimum atomic E-state index is -3.03. The Morgan fingerprint density at radius 1 is 1.45 bits per heavy atom. The first kappa shape index (κ1) is 14.6. The molecule has 1 amide bonds. The van der Waals surface area contributed by atoms with Gasteiger partial charge in [0.2, 0.25) is 0 Å². The Hall–Kier alpha value is -1.76. The molecule has 1 atom stereocenters. The molecule has 7 heteroatoms. The Morgan fingerprint density at radius 2 is 2.15 bits per heavy atom. The van der Waals surface area contributed by atoms with Crippen LogP contribution in [0.1, 0.15) is 16.8 Å². The lowest BCUT2D eigenvalue weighted by Gasteiger charge is -2.24. The molecule has 1 aromatic rings. The molecule has 1 aliphatic heterocycles. The molecule has 0 bridgehead atoms. The van der Waals surface area contributed by atoms with Crippen molar-refractivity contribution in [2.24, 2.45) is 0 Å². The fourth-order valence-corrected chi connectivity index (χ4v) is 4.16. The van der Waals surface area contributed by atoms with Crippen molar-refractivity contribution >= 4 is 21.4 Å². The van der Waals surface area contributed by atoms with Crippen LogP contribution >= 0.6 is 0 Å². The van der Waals surface area contributed by atoms with Crippen molar-refractivity contribution in [3.63, 3.8) is 0 Å². The van der Waals surface area contributed by atoms with Crippen molar-refractivity contribution in [3.05, 3.63) is 23.8 Å². The number of nitrogens with two attached hydrogens (primary N) is 1. The first-order chi connectivity index (χ1) is 9.35. The molecule has 0 aliphatic carbocycles. The molecule has 0 aromatic heterocycles. The van der Waals surface area contributed by atoms with Gasteiger partial charge < -0.3 is 15.4 Å². The molecule has 110 valence electrons. The molecule has 6 nitrogen and oxygen atoms in total. The third-order valence-corrected chi connectivity index (χ3v) is 5.31. The monoisotopic (exact) mass is 298 g/mol. The number of para-hydroxylation sites is 1. The first-order valence-electron chi connectivity index (χ1n) is 6.26. The van der Waals surface area contributed by atoms with Gasteiger partial charge in [0.1, 0.15) is 0 Å². The Kier molecular flexibility index (Phi) is 3.89. The molecule has 1 fully saturated rings. The molecule has 1 saturated heterocycles. The van der Waals surface area contributed by atoms with E-state index in [9.17, 15) is 13.2 Å². The number of anilines is 1. The SMILES string of the molecule is COc1c(N)cccc1C(=O)N(C)C1CCS(=O)(=O)C1. The van der Waals surface area contributed by atoms with Crippen LogP contribution in [0.25, 0.3) is 0 Å². The van der Waals surface area contributed by atoms with Gasteiger partial charge in [-0.2, -0.15) is 0 Å². The van der Waals surface area contributed by atoms with E-state index in [0.29, 0.717) is 23.4 Å². The number of ether oxygens (including phenoxy) is 1. The van der Waals surface area contributed by atoms with Crippen LogP contribution in [-0.2, 0) is 9.84 Å². The van der Waals surface area contributed by atoms with E-state index in [1.54, 1.807) is 25.2 Å². The average molecular weight is 298 g/mol. The predicted molar refractivity (Wildman–Crippen MR) is 76.6 cm³/mol. The minimum absolute atomic E-state index is 0.0138. The van der Waals surface area contributed by atoms with Crippen molar-refractivity contribution in [2.75, 3.05) is 31.4 Å². The molecule has 0 saturated carbocycles. The summed E-state index contributed by atoms with van der Waals surface area (Å²) in [6.07, 6.45) is 0.467. The maximum atomic E-state index is 12.5. The third-order valence-electron chi connectivity index (χ3n) is 3.56. The number of sulfone groups is 1. The summed E-state index contributed by atoms with van der Waals surface area (Å²) in [5, 5.41) is 0. The largest absolute Gasteiger partial charge is 0.494 e. The van der Waals surface area contributed by atoms with Crippen LogP contribution in [0.15, 0.2) is 18.2 Å². The minimum Gasteiger partial charge on any atom is -0.494 e. The zero-order valence-corrected chi connectivity index (χ0v) is 12.3. The van der Waals surface area contributed by atoms with Crippen molar-refractivity contribution in [1.29, 1.82) is 0 Å². The number of benzene rings is 1. The molecule has 0 spiro atoms. The number of nitrogen functional groups attached to an aromatic ring is 1. The molecule has 1 unspecified atom stereocenters. The van der Waals surface area contributed by atoms with Gasteiger partial charge in [-0.05, 0) is 18.6 Å². The number of amides is 1. The van der Waals surface area contributed by atoms with Crippen LogP contribution in [0.3, 0.4) is 0 Å². The van der Waals surface area contributed by atoms with Crippen LogP contribution in [0.2, 0.25) is 0 Å². The number of rotatable bonds is 3. The van der Waals surface area contributed by atoms with Gasteiger partial charge in [0, 0.05) is 13.1 Å². The van der Waals surface area contributed by atoms with Crippen LogP contribution in [0, 0.1) is 0 Å². The molecule has 1 heterocycles. The fraction of sp³-hybridized carbons (Fsp3) is 0.462. The lowest BCUT2D eigenvalue weighted by Crippen LogP contribution is -2.38. The van der Waals surface area contributed by atoms with Crippen LogP contribution < -0.4 is 10.5 Å². The Morgan fingerprint density at radius 3 is 2.70 bits per heavy atom. The van der Waals surface area contributed by atoms with E-state index in [2.05, 4.69) is 0 Å². The van der Waals surface area contributed by atoms with E-state index < -0.39 is 9.84 Å². The van der Waals surface area contributed by atoms with Gasteiger partial charge in [-0.1, -0.05) is 6.07 Å². The number of hydrogen-bond acceptors (Lipinski definition) is 5. The van der Waals surface area contributed by atoms with Crippen molar-refractivity contribution in [3.8, 4) is 5.75 Å². The van der Waals surface area contributed by atoms with E-state index in [4.69, 9.17) is 10.5 Å². The normalized spacial score (nSPS) is 20.6. The molecule has 2 rings (SSSR count). The van der Waals surface area contributed by atoms with Gasteiger partial charge in [-0.15, -0.1) is 0 Å². The summed E-state index contributed by atoms with van der Waals surface area (Å²) in [7, 11) is 0.0247. The highest BCUT2D eigenvalue weighted by Crippen LogP contribution is 2.28. The van der Waals surface area contributed by atoms with E-state index in [0.717, 1.165) is 0 Å². The topological polar surface area (TPSA) is 89.7 Å². The predicted octanol–water partition coefficient (Wildman–Crippen LogP) is 0.537. The lowest BCUT2D eigenvalue weighted by atomic mass is 10.1. The van der Waals surface area contributed by atoms with Crippen molar-refractivity contribution in [1.82, 2.24) is 4.90 Å². The summed E-state index contributed by atoms with van der Waals surface area (Å²) < 4.78 is 28.2. The van der Waals surface area contributed by atoms with Crippen LogP contribution in [0.5, 0.6) is 5.75 Å². The van der Waals surface area contributed by atoms with Gasteiger partial charge in [0.05, 0.1) is 29.9 Å². The highest BCUT2D eigenvalue weighted by Gasteiger charge is 2.33. The van der Waals surface area contributed by atoms with Crippen LogP contribution in [-0.4, -0.2) is 50.9 Å². The Bertz CT molecular complexity index is 627. The zero-order chi connectivity index (χ0) is 14.9.